The van der Waals surface area contributed by atoms with E-state index in [4.69, 9.17) is 5.73 Å². The molecule has 0 bridgehead atoms. The quantitative estimate of drug-likeness (QED) is 0.766. The van der Waals surface area contributed by atoms with E-state index in [1.807, 2.05) is 12.1 Å². The first-order valence-corrected chi connectivity index (χ1v) is 5.41. The molecular weight excluding hydrogens is 188 g/mol. The zero-order chi connectivity index (χ0) is 10.7. The van der Waals surface area contributed by atoms with Crippen LogP contribution in [-0.2, 0) is 17.6 Å². The first kappa shape index (κ1) is 10.2. The van der Waals surface area contributed by atoms with Gasteiger partial charge >= 0.3 is 0 Å². The molecule has 15 heavy (non-hydrogen) atoms. The molecule has 3 heteroatoms. The van der Waals surface area contributed by atoms with Crippen LogP contribution >= 0.6 is 0 Å². The zero-order valence-electron chi connectivity index (χ0n) is 8.75. The molecule has 2 rings (SSSR count). The van der Waals surface area contributed by atoms with Crippen LogP contribution in [0.4, 0.5) is 5.69 Å². The van der Waals surface area contributed by atoms with E-state index in [0.29, 0.717) is 13.0 Å². The molecule has 0 unspecified atom stereocenters. The number of nitrogens with one attached hydrogen (secondary N) is 1. The third-order valence-corrected chi connectivity index (χ3v) is 2.73. The van der Waals surface area contributed by atoms with Crippen LogP contribution in [0, 0.1) is 0 Å². The predicted octanol–water partition coefficient (Wildman–Crippen LogP) is 1.46. The fourth-order valence-corrected chi connectivity index (χ4v) is 1.95. The van der Waals surface area contributed by atoms with Gasteiger partial charge < -0.3 is 11.1 Å². The highest BCUT2D eigenvalue weighted by molar-refractivity contribution is 5.92. The molecular formula is C12H16N2O. The van der Waals surface area contributed by atoms with Crippen molar-refractivity contribution in [2.24, 2.45) is 5.73 Å². The molecule has 0 saturated heterocycles. The number of aryl methyl sites for hydroxylation is 1. The minimum absolute atomic E-state index is 0.125. The first-order chi connectivity index (χ1) is 7.29. The van der Waals surface area contributed by atoms with Crippen molar-refractivity contribution < 1.29 is 4.79 Å². The number of carbonyl (C=O) groups excluding carboxylic acids is 1. The highest BCUT2D eigenvalue weighted by Crippen LogP contribution is 2.23. The van der Waals surface area contributed by atoms with Gasteiger partial charge in [0.05, 0.1) is 0 Å². The fourth-order valence-electron chi connectivity index (χ4n) is 1.95. The lowest BCUT2D eigenvalue weighted by molar-refractivity contribution is -0.116. The molecule has 1 aromatic rings. The van der Waals surface area contributed by atoms with Crippen molar-refractivity contribution >= 4 is 11.6 Å². The number of benzene rings is 1. The Kier molecular flexibility index (Phi) is 3.02. The summed E-state index contributed by atoms with van der Waals surface area (Å²) in [5.41, 5.74) is 8.99. The Hall–Kier alpha value is -1.35. The highest BCUT2D eigenvalue weighted by Gasteiger charge is 2.12. The SMILES string of the molecule is NCCc1ccc2c(c1)CCCC(=O)N2. The van der Waals surface area contributed by atoms with Gasteiger partial charge in [-0.1, -0.05) is 12.1 Å². The third kappa shape index (κ3) is 2.36. The minimum atomic E-state index is 0.125. The average Bonchev–Trinajstić information content (AvgIpc) is 2.39. The van der Waals surface area contributed by atoms with E-state index < -0.39 is 0 Å². The van der Waals surface area contributed by atoms with Gasteiger partial charge in [0.1, 0.15) is 0 Å². The van der Waals surface area contributed by atoms with Crippen LogP contribution in [0.3, 0.4) is 0 Å². The largest absolute Gasteiger partial charge is 0.330 e. The maximum absolute atomic E-state index is 11.3. The van der Waals surface area contributed by atoms with Crippen molar-refractivity contribution in [2.45, 2.75) is 25.7 Å². The van der Waals surface area contributed by atoms with Crippen LogP contribution in [0.25, 0.3) is 0 Å². The summed E-state index contributed by atoms with van der Waals surface area (Å²) in [6.45, 7) is 0.672. The normalized spacial score (nSPS) is 15.4. The van der Waals surface area contributed by atoms with Crippen molar-refractivity contribution in [3.8, 4) is 0 Å². The predicted molar refractivity (Wildman–Crippen MR) is 60.8 cm³/mol. The van der Waals surface area contributed by atoms with Crippen molar-refractivity contribution in [1.29, 1.82) is 0 Å². The first-order valence-electron chi connectivity index (χ1n) is 5.41. The number of fused-ring (bicyclic) bond motifs is 1. The molecule has 0 atom stereocenters. The second kappa shape index (κ2) is 4.45. The summed E-state index contributed by atoms with van der Waals surface area (Å²) in [7, 11) is 0. The Balaban J connectivity index is 2.27. The Morgan fingerprint density at radius 2 is 2.20 bits per heavy atom. The summed E-state index contributed by atoms with van der Waals surface area (Å²) in [6.07, 6.45) is 3.44. The van der Waals surface area contributed by atoms with E-state index in [1.54, 1.807) is 0 Å². The number of amides is 1. The maximum atomic E-state index is 11.3. The summed E-state index contributed by atoms with van der Waals surface area (Å²) >= 11 is 0. The van der Waals surface area contributed by atoms with Crippen molar-refractivity contribution in [1.82, 2.24) is 0 Å². The van der Waals surface area contributed by atoms with Crippen molar-refractivity contribution in [3.63, 3.8) is 0 Å². The van der Waals surface area contributed by atoms with E-state index in [1.165, 1.54) is 11.1 Å². The second-order valence-electron chi connectivity index (χ2n) is 3.93. The lowest BCUT2D eigenvalue weighted by Crippen LogP contribution is -2.09. The van der Waals surface area contributed by atoms with Gasteiger partial charge in [-0.25, -0.2) is 0 Å². The monoisotopic (exact) mass is 204 g/mol. The summed E-state index contributed by atoms with van der Waals surface area (Å²) in [5, 5.41) is 2.92. The Bertz CT molecular complexity index is 374. The zero-order valence-corrected chi connectivity index (χ0v) is 8.75. The van der Waals surface area contributed by atoms with Gasteiger partial charge in [0.15, 0.2) is 0 Å². The molecule has 0 saturated carbocycles. The van der Waals surface area contributed by atoms with Crippen LogP contribution < -0.4 is 11.1 Å². The van der Waals surface area contributed by atoms with Crippen LogP contribution in [0.5, 0.6) is 0 Å². The Morgan fingerprint density at radius 1 is 1.33 bits per heavy atom. The maximum Gasteiger partial charge on any atom is 0.224 e. The number of anilines is 1. The van der Waals surface area contributed by atoms with Gasteiger partial charge in [0, 0.05) is 12.1 Å². The molecule has 1 aromatic carbocycles. The van der Waals surface area contributed by atoms with Crippen LogP contribution in [0.15, 0.2) is 18.2 Å². The number of carbonyl (C=O) groups is 1. The average molecular weight is 204 g/mol. The summed E-state index contributed by atoms with van der Waals surface area (Å²) < 4.78 is 0. The molecule has 0 aliphatic carbocycles. The number of rotatable bonds is 2. The lowest BCUT2D eigenvalue weighted by Gasteiger charge is -2.08. The molecule has 80 valence electrons. The Morgan fingerprint density at radius 3 is 3.00 bits per heavy atom. The molecule has 1 aliphatic rings. The Labute approximate surface area is 89.7 Å². The smallest absolute Gasteiger partial charge is 0.224 e. The standard InChI is InChI=1S/C12H16N2O/c13-7-6-9-4-5-11-10(8-9)2-1-3-12(15)14-11/h4-5,8H,1-3,6-7,13H2,(H,14,15). The molecule has 1 heterocycles. The number of hydrogen-bond donors (Lipinski definition) is 2. The van der Waals surface area contributed by atoms with E-state index >= 15 is 0 Å². The van der Waals surface area contributed by atoms with Crippen LogP contribution in [0.1, 0.15) is 24.0 Å². The van der Waals surface area contributed by atoms with E-state index in [-0.39, 0.29) is 5.91 Å². The van der Waals surface area contributed by atoms with E-state index in [9.17, 15) is 4.79 Å². The van der Waals surface area contributed by atoms with Gasteiger partial charge in [0.25, 0.3) is 0 Å². The van der Waals surface area contributed by atoms with Gasteiger partial charge in [-0.05, 0) is 43.0 Å². The van der Waals surface area contributed by atoms with E-state index in [2.05, 4.69) is 11.4 Å². The molecule has 1 amide bonds. The van der Waals surface area contributed by atoms with Gasteiger partial charge in [-0.3, -0.25) is 4.79 Å². The summed E-state index contributed by atoms with van der Waals surface area (Å²) in [5.74, 6) is 0.125. The van der Waals surface area contributed by atoms with Crippen LogP contribution in [-0.4, -0.2) is 12.5 Å². The molecule has 0 aromatic heterocycles. The minimum Gasteiger partial charge on any atom is -0.330 e. The summed E-state index contributed by atoms with van der Waals surface area (Å²) in [6, 6.07) is 6.19. The number of hydrogen-bond acceptors (Lipinski definition) is 2. The van der Waals surface area contributed by atoms with Crippen molar-refractivity contribution in [3.05, 3.63) is 29.3 Å². The van der Waals surface area contributed by atoms with Gasteiger partial charge in [-0.2, -0.15) is 0 Å². The van der Waals surface area contributed by atoms with Gasteiger partial charge in [-0.15, -0.1) is 0 Å². The third-order valence-electron chi connectivity index (χ3n) is 2.73. The molecule has 0 spiro atoms. The molecule has 3 N–H and O–H groups in total. The second-order valence-corrected chi connectivity index (χ2v) is 3.93. The fraction of sp³-hybridized carbons (Fsp3) is 0.417. The molecule has 1 aliphatic heterocycles. The molecule has 0 radical (unpaired) electrons. The van der Waals surface area contributed by atoms with Gasteiger partial charge in [0.2, 0.25) is 5.91 Å². The highest BCUT2D eigenvalue weighted by atomic mass is 16.1. The van der Waals surface area contributed by atoms with Crippen LogP contribution in [0.2, 0.25) is 0 Å². The number of nitrogens with two attached hydrogens (primary N) is 1. The van der Waals surface area contributed by atoms with E-state index in [0.717, 1.165) is 24.9 Å². The summed E-state index contributed by atoms with van der Waals surface area (Å²) in [4.78, 5) is 11.3. The topological polar surface area (TPSA) is 55.1 Å². The lowest BCUT2D eigenvalue weighted by atomic mass is 10.0. The van der Waals surface area contributed by atoms with Crippen molar-refractivity contribution in [2.75, 3.05) is 11.9 Å². The molecule has 3 nitrogen and oxygen atoms in total. The molecule has 0 fully saturated rings.